The summed E-state index contributed by atoms with van der Waals surface area (Å²) in [5, 5.41) is 13.3. The van der Waals surface area contributed by atoms with Crippen LogP contribution in [0.15, 0.2) is 41.0 Å². The Bertz CT molecular complexity index is 643. The molecule has 3 rings (SSSR count). The quantitative estimate of drug-likeness (QED) is 0.252. The summed E-state index contributed by atoms with van der Waals surface area (Å²) in [5.41, 5.74) is 0. The Balaban J connectivity index is 0.00000261. The molecule has 1 saturated heterocycles. The molecule has 1 unspecified atom stereocenters. The van der Waals surface area contributed by atoms with Crippen molar-refractivity contribution in [2.75, 3.05) is 33.2 Å². The van der Waals surface area contributed by atoms with Crippen LogP contribution in [-0.2, 0) is 13.1 Å². The molecule has 0 amide bonds. The Morgan fingerprint density at radius 2 is 2.30 bits per heavy atom. The van der Waals surface area contributed by atoms with Crippen LogP contribution in [-0.4, -0.2) is 53.9 Å². The van der Waals surface area contributed by atoms with Crippen molar-refractivity contribution in [3.8, 4) is 0 Å². The van der Waals surface area contributed by atoms with Gasteiger partial charge in [-0.1, -0.05) is 6.07 Å². The van der Waals surface area contributed by atoms with E-state index in [1.54, 1.807) is 0 Å². The van der Waals surface area contributed by atoms with Crippen LogP contribution < -0.4 is 10.6 Å². The molecule has 0 spiro atoms. The lowest BCUT2D eigenvalue weighted by molar-refractivity contribution is 0.169. The number of aromatic nitrogens is 2. The molecule has 1 fully saturated rings. The predicted octanol–water partition coefficient (Wildman–Crippen LogP) is 3.03. The van der Waals surface area contributed by atoms with Gasteiger partial charge in [-0.3, -0.25) is 14.6 Å². The van der Waals surface area contributed by atoms with E-state index in [0.717, 1.165) is 38.6 Å². The van der Waals surface area contributed by atoms with Crippen LogP contribution >= 0.6 is 35.3 Å². The monoisotopic (exact) mass is 502 g/mol. The molecule has 2 aromatic rings. The zero-order chi connectivity index (χ0) is 18.0. The molecule has 1 aliphatic heterocycles. The SMILES string of the molecule is CN=C(NCCCn1cccn1)NCC1CCCN(Cc2cccs2)C1.I. The van der Waals surface area contributed by atoms with E-state index in [-0.39, 0.29) is 24.0 Å². The van der Waals surface area contributed by atoms with Crippen LogP contribution in [0.5, 0.6) is 0 Å². The van der Waals surface area contributed by atoms with Gasteiger partial charge in [0.1, 0.15) is 0 Å². The minimum Gasteiger partial charge on any atom is -0.356 e. The number of thiophene rings is 1. The third kappa shape index (κ3) is 7.79. The van der Waals surface area contributed by atoms with Crippen molar-refractivity contribution in [2.24, 2.45) is 10.9 Å². The lowest BCUT2D eigenvalue weighted by atomic mass is 9.98. The number of aliphatic imine (C=N–C) groups is 1. The standard InChI is InChI=1S/C19H30N6S.HI/c1-20-19(21-8-4-11-25-12-5-9-23-25)22-14-17-6-2-10-24(15-17)16-18-7-3-13-26-18;/h3,5,7,9,12-13,17H,2,4,6,8,10-11,14-16H2,1H3,(H2,20,21,22);1H. The molecule has 0 aliphatic carbocycles. The highest BCUT2D eigenvalue weighted by Crippen LogP contribution is 2.19. The number of aryl methyl sites for hydroxylation is 1. The molecular weight excluding hydrogens is 471 g/mol. The fraction of sp³-hybridized carbons (Fsp3) is 0.579. The molecule has 6 nitrogen and oxygen atoms in total. The van der Waals surface area contributed by atoms with Crippen LogP contribution in [0.1, 0.15) is 24.1 Å². The van der Waals surface area contributed by atoms with Gasteiger partial charge in [-0.15, -0.1) is 35.3 Å². The molecule has 0 radical (unpaired) electrons. The first-order valence-corrected chi connectivity index (χ1v) is 10.4. The number of piperidine rings is 1. The third-order valence-corrected chi connectivity index (χ3v) is 5.62. The summed E-state index contributed by atoms with van der Waals surface area (Å²) < 4.78 is 1.96. The first kappa shape index (κ1) is 22.2. The van der Waals surface area contributed by atoms with Crippen LogP contribution in [0, 0.1) is 5.92 Å². The number of nitrogens with zero attached hydrogens (tertiary/aromatic N) is 4. The topological polar surface area (TPSA) is 57.5 Å². The highest BCUT2D eigenvalue weighted by Gasteiger charge is 2.20. The highest BCUT2D eigenvalue weighted by molar-refractivity contribution is 14.0. The molecule has 0 saturated carbocycles. The van der Waals surface area contributed by atoms with Crippen molar-refractivity contribution < 1.29 is 0 Å². The third-order valence-electron chi connectivity index (χ3n) is 4.76. The van der Waals surface area contributed by atoms with Gasteiger partial charge in [0.2, 0.25) is 0 Å². The lowest BCUT2D eigenvalue weighted by Crippen LogP contribution is -2.44. The minimum atomic E-state index is 0. The Kier molecular flexibility index (Phi) is 10.1. The van der Waals surface area contributed by atoms with Gasteiger partial charge in [-0.2, -0.15) is 5.10 Å². The van der Waals surface area contributed by atoms with Crippen molar-refractivity contribution in [2.45, 2.75) is 32.4 Å². The second-order valence-electron chi connectivity index (χ2n) is 6.83. The number of guanidine groups is 1. The number of hydrogen-bond donors (Lipinski definition) is 2. The first-order valence-electron chi connectivity index (χ1n) is 9.50. The molecule has 0 bridgehead atoms. The molecule has 150 valence electrons. The maximum atomic E-state index is 4.35. The van der Waals surface area contributed by atoms with Gasteiger partial charge in [0.15, 0.2) is 5.96 Å². The van der Waals surface area contributed by atoms with E-state index in [0.29, 0.717) is 5.92 Å². The summed E-state index contributed by atoms with van der Waals surface area (Å²) in [4.78, 5) is 8.40. The minimum absolute atomic E-state index is 0. The van der Waals surface area contributed by atoms with E-state index >= 15 is 0 Å². The van der Waals surface area contributed by atoms with Crippen molar-refractivity contribution in [1.29, 1.82) is 0 Å². The average Bonchev–Trinajstić information content (AvgIpc) is 3.35. The number of hydrogen-bond acceptors (Lipinski definition) is 4. The smallest absolute Gasteiger partial charge is 0.190 e. The summed E-state index contributed by atoms with van der Waals surface area (Å²) in [6.07, 6.45) is 7.43. The van der Waals surface area contributed by atoms with Gasteiger partial charge in [0, 0.05) is 57.0 Å². The van der Waals surface area contributed by atoms with E-state index in [9.17, 15) is 0 Å². The molecule has 3 heterocycles. The molecule has 0 aromatic carbocycles. The molecule has 1 aliphatic rings. The predicted molar refractivity (Wildman–Crippen MR) is 124 cm³/mol. The fourth-order valence-corrected chi connectivity index (χ4v) is 4.17. The number of halogens is 1. The van der Waals surface area contributed by atoms with Gasteiger partial charge in [0.05, 0.1) is 0 Å². The lowest BCUT2D eigenvalue weighted by Gasteiger charge is -2.32. The largest absolute Gasteiger partial charge is 0.356 e. The van der Waals surface area contributed by atoms with Crippen molar-refractivity contribution in [3.63, 3.8) is 0 Å². The summed E-state index contributed by atoms with van der Waals surface area (Å²) >= 11 is 1.86. The highest BCUT2D eigenvalue weighted by atomic mass is 127. The van der Waals surface area contributed by atoms with Crippen LogP contribution in [0.3, 0.4) is 0 Å². The zero-order valence-corrected chi connectivity index (χ0v) is 19.2. The van der Waals surface area contributed by atoms with E-state index < -0.39 is 0 Å². The number of nitrogens with one attached hydrogen (secondary N) is 2. The Labute approximate surface area is 183 Å². The van der Waals surface area contributed by atoms with Gasteiger partial charge < -0.3 is 10.6 Å². The maximum absolute atomic E-state index is 4.35. The maximum Gasteiger partial charge on any atom is 0.190 e. The van der Waals surface area contributed by atoms with Gasteiger partial charge in [0.25, 0.3) is 0 Å². The zero-order valence-electron chi connectivity index (χ0n) is 16.0. The van der Waals surface area contributed by atoms with Gasteiger partial charge in [-0.25, -0.2) is 0 Å². The second-order valence-corrected chi connectivity index (χ2v) is 7.86. The van der Waals surface area contributed by atoms with Crippen LogP contribution in [0.4, 0.5) is 0 Å². The normalized spacial score (nSPS) is 18.1. The average molecular weight is 502 g/mol. The second kappa shape index (κ2) is 12.4. The fourth-order valence-electron chi connectivity index (χ4n) is 3.43. The number of likely N-dealkylation sites (tertiary alicyclic amines) is 1. The molecule has 2 N–H and O–H groups in total. The van der Waals surface area contributed by atoms with E-state index in [4.69, 9.17) is 0 Å². The van der Waals surface area contributed by atoms with E-state index in [2.05, 4.69) is 43.1 Å². The van der Waals surface area contributed by atoms with Crippen molar-refractivity contribution in [1.82, 2.24) is 25.3 Å². The van der Waals surface area contributed by atoms with Crippen molar-refractivity contribution in [3.05, 3.63) is 40.8 Å². The van der Waals surface area contributed by atoms with Gasteiger partial charge in [-0.05, 0) is 49.2 Å². The summed E-state index contributed by atoms with van der Waals surface area (Å²) in [6, 6.07) is 6.34. The molecule has 1 atom stereocenters. The summed E-state index contributed by atoms with van der Waals surface area (Å²) in [7, 11) is 1.84. The van der Waals surface area contributed by atoms with Crippen LogP contribution in [0.25, 0.3) is 0 Å². The Morgan fingerprint density at radius 3 is 3.04 bits per heavy atom. The molecule has 27 heavy (non-hydrogen) atoms. The van der Waals surface area contributed by atoms with Crippen molar-refractivity contribution >= 4 is 41.3 Å². The Morgan fingerprint density at radius 1 is 1.37 bits per heavy atom. The number of rotatable bonds is 8. The molecule has 8 heteroatoms. The first-order chi connectivity index (χ1) is 12.8. The molecule has 2 aromatic heterocycles. The van der Waals surface area contributed by atoms with E-state index in [1.165, 1.54) is 30.8 Å². The van der Waals surface area contributed by atoms with Gasteiger partial charge >= 0.3 is 0 Å². The summed E-state index contributed by atoms with van der Waals surface area (Å²) in [6.45, 7) is 6.29. The molecular formula is C19H31IN6S. The van der Waals surface area contributed by atoms with E-state index in [1.807, 2.05) is 41.5 Å². The summed E-state index contributed by atoms with van der Waals surface area (Å²) in [5.74, 6) is 1.59. The Hall–Kier alpha value is -1.13. The van der Waals surface area contributed by atoms with Crippen LogP contribution in [0.2, 0.25) is 0 Å².